The van der Waals surface area contributed by atoms with E-state index < -0.39 is 0 Å². The lowest BCUT2D eigenvalue weighted by molar-refractivity contribution is -0.123. The molecule has 1 N–H and O–H groups in total. The average Bonchev–Trinajstić information content (AvgIpc) is 2.65. The van der Waals surface area contributed by atoms with E-state index in [0.717, 1.165) is 42.5 Å². The Kier molecular flexibility index (Phi) is 6.40. The number of benzene rings is 2. The number of hydrogen-bond acceptors (Lipinski definition) is 3. The summed E-state index contributed by atoms with van der Waals surface area (Å²) in [7, 11) is 0. The molecule has 0 saturated carbocycles. The summed E-state index contributed by atoms with van der Waals surface area (Å²) in [5.74, 6) is 0.0759. The smallest absolute Gasteiger partial charge is 0.234 e. The van der Waals surface area contributed by atoms with Crippen LogP contribution in [0, 0.1) is 13.8 Å². The second-order valence-electron chi connectivity index (χ2n) is 7.35. The van der Waals surface area contributed by atoms with Crippen molar-refractivity contribution in [2.75, 3.05) is 37.6 Å². The molecule has 1 fully saturated rings. The van der Waals surface area contributed by atoms with Crippen LogP contribution in [0.5, 0.6) is 0 Å². The third-order valence-electron chi connectivity index (χ3n) is 5.34. The number of rotatable bonds is 5. The van der Waals surface area contributed by atoms with E-state index in [2.05, 4.69) is 53.2 Å². The SMILES string of the molecule is Cc1ccc([C@H](C)NC(=O)CN2CCN(c3ccccc3Cl)CC2)cc1C. The van der Waals surface area contributed by atoms with Gasteiger partial charge in [0.25, 0.3) is 0 Å². The molecule has 0 bridgehead atoms. The van der Waals surface area contributed by atoms with Gasteiger partial charge in [0.05, 0.1) is 23.3 Å². The Bertz CT molecular complexity index is 800. The Morgan fingerprint density at radius 1 is 1.07 bits per heavy atom. The maximum Gasteiger partial charge on any atom is 0.234 e. The van der Waals surface area contributed by atoms with Crippen LogP contribution < -0.4 is 10.2 Å². The van der Waals surface area contributed by atoms with Gasteiger partial charge in [0, 0.05) is 26.2 Å². The van der Waals surface area contributed by atoms with Gasteiger partial charge in [0.2, 0.25) is 5.91 Å². The highest BCUT2D eigenvalue weighted by atomic mass is 35.5. The fourth-order valence-electron chi connectivity index (χ4n) is 3.46. The van der Waals surface area contributed by atoms with Crippen molar-refractivity contribution < 1.29 is 4.79 Å². The van der Waals surface area contributed by atoms with Gasteiger partial charge in [-0.05, 0) is 49.6 Å². The van der Waals surface area contributed by atoms with Gasteiger partial charge in [-0.2, -0.15) is 0 Å². The summed E-state index contributed by atoms with van der Waals surface area (Å²) < 4.78 is 0. The van der Waals surface area contributed by atoms with Crippen molar-refractivity contribution in [1.29, 1.82) is 0 Å². The third kappa shape index (κ3) is 5.02. The van der Waals surface area contributed by atoms with Gasteiger partial charge in [-0.3, -0.25) is 9.69 Å². The van der Waals surface area contributed by atoms with Gasteiger partial charge in [0.15, 0.2) is 0 Å². The molecule has 1 amide bonds. The third-order valence-corrected chi connectivity index (χ3v) is 5.66. The lowest BCUT2D eigenvalue weighted by Crippen LogP contribution is -2.49. The summed E-state index contributed by atoms with van der Waals surface area (Å²) in [6.45, 7) is 10.2. The summed E-state index contributed by atoms with van der Waals surface area (Å²) in [4.78, 5) is 17.0. The first kappa shape index (κ1) is 19.7. The maximum absolute atomic E-state index is 12.5. The first-order chi connectivity index (χ1) is 12.9. The maximum atomic E-state index is 12.5. The van der Waals surface area contributed by atoms with Crippen molar-refractivity contribution in [1.82, 2.24) is 10.2 Å². The van der Waals surface area contributed by atoms with Gasteiger partial charge in [-0.1, -0.05) is 41.9 Å². The second kappa shape index (κ2) is 8.77. The molecular formula is C22H28ClN3O. The van der Waals surface area contributed by atoms with E-state index >= 15 is 0 Å². The van der Waals surface area contributed by atoms with Crippen molar-refractivity contribution in [3.05, 3.63) is 64.2 Å². The lowest BCUT2D eigenvalue weighted by atomic mass is 10.0. The van der Waals surface area contributed by atoms with Crippen LogP contribution >= 0.6 is 11.6 Å². The normalized spacial score (nSPS) is 16.2. The van der Waals surface area contributed by atoms with Crippen molar-refractivity contribution in [2.24, 2.45) is 0 Å². The molecule has 2 aromatic rings. The Labute approximate surface area is 167 Å². The number of aryl methyl sites for hydroxylation is 2. The van der Waals surface area contributed by atoms with Gasteiger partial charge in [0.1, 0.15) is 0 Å². The molecule has 4 nitrogen and oxygen atoms in total. The molecule has 3 rings (SSSR count). The van der Waals surface area contributed by atoms with Crippen LogP contribution in [0.15, 0.2) is 42.5 Å². The number of carbonyl (C=O) groups excluding carboxylic acids is 1. The number of anilines is 1. The van der Waals surface area contributed by atoms with Crippen LogP contribution in [0.25, 0.3) is 0 Å². The van der Waals surface area contributed by atoms with Crippen LogP contribution in [0.3, 0.4) is 0 Å². The van der Waals surface area contributed by atoms with E-state index in [-0.39, 0.29) is 11.9 Å². The largest absolute Gasteiger partial charge is 0.368 e. The zero-order valence-corrected chi connectivity index (χ0v) is 17.1. The molecule has 2 aromatic carbocycles. The molecule has 1 aliphatic rings. The van der Waals surface area contributed by atoms with Crippen molar-refractivity contribution in [3.8, 4) is 0 Å². The topological polar surface area (TPSA) is 35.6 Å². The predicted octanol–water partition coefficient (Wildman–Crippen LogP) is 3.96. The Morgan fingerprint density at radius 3 is 2.44 bits per heavy atom. The molecule has 1 aliphatic heterocycles. The molecule has 1 heterocycles. The number of carbonyl (C=O) groups is 1. The van der Waals surface area contributed by atoms with Crippen molar-refractivity contribution in [2.45, 2.75) is 26.8 Å². The zero-order valence-electron chi connectivity index (χ0n) is 16.3. The van der Waals surface area contributed by atoms with Crippen LogP contribution in [-0.4, -0.2) is 43.5 Å². The summed E-state index contributed by atoms with van der Waals surface area (Å²) >= 11 is 6.30. The van der Waals surface area contributed by atoms with Crippen LogP contribution in [-0.2, 0) is 4.79 Å². The molecule has 144 valence electrons. The van der Waals surface area contributed by atoms with Crippen molar-refractivity contribution >= 4 is 23.2 Å². The molecule has 0 radical (unpaired) electrons. The van der Waals surface area contributed by atoms with E-state index in [1.54, 1.807) is 0 Å². The van der Waals surface area contributed by atoms with Gasteiger partial charge in [-0.25, -0.2) is 0 Å². The number of halogens is 1. The second-order valence-corrected chi connectivity index (χ2v) is 7.75. The molecule has 1 atom stereocenters. The highest BCUT2D eigenvalue weighted by Gasteiger charge is 2.21. The van der Waals surface area contributed by atoms with Gasteiger partial charge < -0.3 is 10.2 Å². The molecule has 27 heavy (non-hydrogen) atoms. The summed E-state index contributed by atoms with van der Waals surface area (Å²) in [6, 6.07) is 14.3. The summed E-state index contributed by atoms with van der Waals surface area (Å²) in [6.07, 6.45) is 0. The van der Waals surface area contributed by atoms with Crippen LogP contribution in [0.1, 0.15) is 29.7 Å². The van der Waals surface area contributed by atoms with E-state index in [1.807, 2.05) is 25.1 Å². The first-order valence-corrected chi connectivity index (χ1v) is 9.90. The lowest BCUT2D eigenvalue weighted by Gasteiger charge is -2.36. The summed E-state index contributed by atoms with van der Waals surface area (Å²) in [5.41, 5.74) is 4.75. The number of piperazine rings is 1. The number of nitrogens with zero attached hydrogens (tertiary/aromatic N) is 2. The minimum absolute atomic E-state index is 0.0150. The number of hydrogen-bond donors (Lipinski definition) is 1. The Morgan fingerprint density at radius 2 is 1.78 bits per heavy atom. The number of nitrogens with one attached hydrogen (secondary N) is 1. The van der Waals surface area contributed by atoms with E-state index in [4.69, 9.17) is 11.6 Å². The highest BCUT2D eigenvalue weighted by Crippen LogP contribution is 2.26. The standard InChI is InChI=1S/C22H28ClN3O/c1-16-8-9-19(14-17(16)2)18(3)24-22(27)15-25-10-12-26(13-11-25)21-7-5-4-6-20(21)23/h4-9,14,18H,10-13,15H2,1-3H3,(H,24,27)/t18-/m0/s1. The minimum atomic E-state index is 0.0150. The molecule has 0 aromatic heterocycles. The van der Waals surface area contributed by atoms with E-state index in [9.17, 15) is 4.79 Å². The highest BCUT2D eigenvalue weighted by molar-refractivity contribution is 6.33. The van der Waals surface area contributed by atoms with E-state index in [0.29, 0.717) is 6.54 Å². The quantitative estimate of drug-likeness (QED) is 0.846. The number of para-hydroxylation sites is 1. The van der Waals surface area contributed by atoms with Crippen LogP contribution in [0.4, 0.5) is 5.69 Å². The zero-order chi connectivity index (χ0) is 19.4. The fraction of sp³-hybridized carbons (Fsp3) is 0.409. The Hall–Kier alpha value is -2.04. The van der Waals surface area contributed by atoms with E-state index in [1.165, 1.54) is 11.1 Å². The molecule has 5 heteroatoms. The fourth-order valence-corrected chi connectivity index (χ4v) is 3.72. The van der Waals surface area contributed by atoms with Gasteiger partial charge >= 0.3 is 0 Å². The Balaban J connectivity index is 1.49. The number of amides is 1. The summed E-state index contributed by atoms with van der Waals surface area (Å²) in [5, 5.41) is 3.91. The first-order valence-electron chi connectivity index (χ1n) is 9.52. The minimum Gasteiger partial charge on any atom is -0.368 e. The van der Waals surface area contributed by atoms with Crippen LogP contribution in [0.2, 0.25) is 5.02 Å². The molecule has 0 spiro atoms. The molecular weight excluding hydrogens is 358 g/mol. The predicted molar refractivity (Wildman–Crippen MR) is 113 cm³/mol. The molecule has 1 saturated heterocycles. The molecule has 0 unspecified atom stereocenters. The monoisotopic (exact) mass is 385 g/mol. The molecule has 0 aliphatic carbocycles. The average molecular weight is 386 g/mol. The van der Waals surface area contributed by atoms with Gasteiger partial charge in [-0.15, -0.1) is 0 Å². The van der Waals surface area contributed by atoms with Crippen molar-refractivity contribution in [3.63, 3.8) is 0 Å².